The monoisotopic (exact) mass is 395 g/mol. The maximum atomic E-state index is 12.7. The molecule has 28 heavy (non-hydrogen) atoms. The Bertz CT molecular complexity index is 949. The number of carbonyl (C=O) groups excluding carboxylic acids is 1. The fraction of sp³-hybridized carbons (Fsp3) is 0.364. The van der Waals surface area contributed by atoms with Gasteiger partial charge in [0.05, 0.1) is 27.9 Å². The van der Waals surface area contributed by atoms with Gasteiger partial charge in [-0.1, -0.05) is 30.3 Å². The van der Waals surface area contributed by atoms with Gasteiger partial charge in [-0.15, -0.1) is 11.3 Å². The second-order valence-electron chi connectivity index (χ2n) is 7.43. The first kappa shape index (κ1) is 19.1. The zero-order valence-corrected chi connectivity index (χ0v) is 16.8. The van der Waals surface area contributed by atoms with E-state index < -0.39 is 6.04 Å². The molecule has 2 N–H and O–H groups in total. The average Bonchev–Trinajstić information content (AvgIpc) is 3.16. The number of likely N-dealkylation sites (tertiary alicyclic amines) is 1. The summed E-state index contributed by atoms with van der Waals surface area (Å²) >= 11 is 1.70. The second kappa shape index (κ2) is 8.39. The Morgan fingerprint density at radius 3 is 2.71 bits per heavy atom. The van der Waals surface area contributed by atoms with Gasteiger partial charge >= 0.3 is 0 Å². The summed E-state index contributed by atoms with van der Waals surface area (Å²) in [5.74, 6) is 0.335. The SMILES string of the molecule is CN1CCC(c2nc3ccc(C(=O)N[C@H](CO)c4ccccc4)cc3s2)CC1. The molecule has 1 atom stereocenters. The molecule has 1 aliphatic heterocycles. The highest BCUT2D eigenvalue weighted by Gasteiger charge is 2.22. The summed E-state index contributed by atoms with van der Waals surface area (Å²) in [5, 5.41) is 13.8. The Balaban J connectivity index is 1.51. The standard InChI is InChI=1S/C22H25N3O2S/c1-25-11-9-16(10-12-25)22-24-18-8-7-17(13-20(18)28-22)21(27)23-19(14-26)15-5-3-2-4-6-15/h2-8,13,16,19,26H,9-12,14H2,1H3,(H,23,27)/t19-/m1/s1. The number of thiazole rings is 1. The van der Waals surface area contributed by atoms with Gasteiger partial charge in [-0.05, 0) is 56.7 Å². The number of rotatable bonds is 5. The third-order valence-electron chi connectivity index (χ3n) is 5.42. The Kier molecular flexibility index (Phi) is 5.71. The van der Waals surface area contributed by atoms with Crippen LogP contribution in [0.4, 0.5) is 0 Å². The summed E-state index contributed by atoms with van der Waals surface area (Å²) in [6, 6.07) is 14.8. The van der Waals surface area contributed by atoms with Crippen LogP contribution in [-0.4, -0.2) is 47.6 Å². The molecule has 3 aromatic rings. The third kappa shape index (κ3) is 4.09. The van der Waals surface area contributed by atoms with Crippen LogP contribution in [0.3, 0.4) is 0 Å². The van der Waals surface area contributed by atoms with Gasteiger partial charge in [0.25, 0.3) is 5.91 Å². The Morgan fingerprint density at radius 1 is 1.25 bits per heavy atom. The number of piperidine rings is 1. The number of nitrogens with zero attached hydrogens (tertiary/aromatic N) is 2. The van der Waals surface area contributed by atoms with Gasteiger partial charge in [0.2, 0.25) is 0 Å². The molecule has 0 unspecified atom stereocenters. The van der Waals surface area contributed by atoms with Crippen molar-refractivity contribution >= 4 is 27.5 Å². The molecule has 2 aromatic carbocycles. The number of aromatic nitrogens is 1. The van der Waals surface area contributed by atoms with Crippen LogP contribution < -0.4 is 5.32 Å². The molecule has 1 fully saturated rings. The van der Waals surface area contributed by atoms with Gasteiger partial charge in [0.1, 0.15) is 0 Å². The van der Waals surface area contributed by atoms with E-state index in [1.807, 2.05) is 48.5 Å². The predicted octanol–water partition coefficient (Wildman–Crippen LogP) is 3.57. The fourth-order valence-electron chi connectivity index (χ4n) is 3.68. The highest BCUT2D eigenvalue weighted by molar-refractivity contribution is 7.18. The van der Waals surface area contributed by atoms with E-state index in [-0.39, 0.29) is 12.5 Å². The first-order valence-corrected chi connectivity index (χ1v) is 10.5. The van der Waals surface area contributed by atoms with E-state index in [1.54, 1.807) is 11.3 Å². The molecule has 4 rings (SSSR count). The lowest BCUT2D eigenvalue weighted by Crippen LogP contribution is -2.30. The smallest absolute Gasteiger partial charge is 0.251 e. The largest absolute Gasteiger partial charge is 0.394 e. The molecule has 1 amide bonds. The molecular weight excluding hydrogens is 370 g/mol. The topological polar surface area (TPSA) is 65.5 Å². The molecule has 0 bridgehead atoms. The summed E-state index contributed by atoms with van der Waals surface area (Å²) in [4.78, 5) is 19.9. The maximum Gasteiger partial charge on any atom is 0.251 e. The third-order valence-corrected chi connectivity index (χ3v) is 6.61. The van der Waals surface area contributed by atoms with Crippen molar-refractivity contribution in [3.8, 4) is 0 Å². The number of aliphatic hydroxyl groups excluding tert-OH is 1. The van der Waals surface area contributed by atoms with Crippen molar-refractivity contribution in [1.82, 2.24) is 15.2 Å². The van der Waals surface area contributed by atoms with Gasteiger partial charge < -0.3 is 15.3 Å². The maximum absolute atomic E-state index is 12.7. The van der Waals surface area contributed by atoms with Crippen molar-refractivity contribution in [2.24, 2.45) is 0 Å². The van der Waals surface area contributed by atoms with Crippen LogP contribution in [0.5, 0.6) is 0 Å². The summed E-state index contributed by atoms with van der Waals surface area (Å²) in [7, 11) is 2.16. The molecule has 0 radical (unpaired) electrons. The molecule has 6 heteroatoms. The van der Waals surface area contributed by atoms with Gasteiger partial charge in [-0.2, -0.15) is 0 Å². The molecule has 146 valence electrons. The van der Waals surface area contributed by atoms with E-state index in [0.717, 1.165) is 41.7 Å². The van der Waals surface area contributed by atoms with Crippen LogP contribution in [0.2, 0.25) is 0 Å². The lowest BCUT2D eigenvalue weighted by atomic mass is 9.98. The zero-order valence-electron chi connectivity index (χ0n) is 16.0. The molecule has 2 heterocycles. The fourth-order valence-corrected chi connectivity index (χ4v) is 4.85. The van der Waals surface area contributed by atoms with E-state index in [4.69, 9.17) is 4.98 Å². The van der Waals surface area contributed by atoms with Crippen molar-refractivity contribution in [2.75, 3.05) is 26.7 Å². The van der Waals surface area contributed by atoms with E-state index >= 15 is 0 Å². The zero-order chi connectivity index (χ0) is 19.5. The minimum absolute atomic E-state index is 0.140. The summed E-state index contributed by atoms with van der Waals surface area (Å²) in [6.07, 6.45) is 2.28. The normalized spacial score (nSPS) is 16.9. The van der Waals surface area contributed by atoms with Crippen LogP contribution in [0.25, 0.3) is 10.2 Å². The molecule has 1 aromatic heterocycles. The summed E-state index contributed by atoms with van der Waals surface area (Å²) in [6.45, 7) is 2.07. The van der Waals surface area contributed by atoms with Crippen LogP contribution >= 0.6 is 11.3 Å². The highest BCUT2D eigenvalue weighted by Crippen LogP contribution is 2.34. The number of hydrogen-bond donors (Lipinski definition) is 2. The number of hydrogen-bond acceptors (Lipinski definition) is 5. The predicted molar refractivity (Wildman–Crippen MR) is 113 cm³/mol. The number of nitrogens with one attached hydrogen (secondary N) is 1. The van der Waals surface area contributed by atoms with Crippen molar-refractivity contribution in [1.29, 1.82) is 0 Å². The quantitative estimate of drug-likeness (QED) is 0.693. The van der Waals surface area contributed by atoms with Crippen molar-refractivity contribution < 1.29 is 9.90 Å². The van der Waals surface area contributed by atoms with E-state index in [1.165, 1.54) is 5.01 Å². The molecule has 5 nitrogen and oxygen atoms in total. The Labute approximate surface area is 169 Å². The minimum atomic E-state index is -0.416. The van der Waals surface area contributed by atoms with Crippen LogP contribution in [0.15, 0.2) is 48.5 Å². The molecule has 0 saturated carbocycles. The lowest BCUT2D eigenvalue weighted by molar-refractivity contribution is 0.0916. The summed E-state index contributed by atoms with van der Waals surface area (Å²) < 4.78 is 1.04. The number of aliphatic hydroxyl groups is 1. The van der Waals surface area contributed by atoms with Gasteiger partial charge in [-0.25, -0.2) is 4.98 Å². The van der Waals surface area contributed by atoms with E-state index in [9.17, 15) is 9.90 Å². The molecule has 0 aliphatic carbocycles. The summed E-state index contributed by atoms with van der Waals surface area (Å²) in [5.41, 5.74) is 2.44. The molecule has 1 aliphatic rings. The number of benzene rings is 2. The first-order valence-electron chi connectivity index (χ1n) is 9.69. The van der Waals surface area contributed by atoms with Crippen LogP contribution in [0, 0.1) is 0 Å². The van der Waals surface area contributed by atoms with Crippen molar-refractivity contribution in [3.63, 3.8) is 0 Å². The van der Waals surface area contributed by atoms with Gasteiger partial charge in [0.15, 0.2) is 0 Å². The average molecular weight is 396 g/mol. The first-order chi connectivity index (χ1) is 13.6. The Morgan fingerprint density at radius 2 is 2.00 bits per heavy atom. The van der Waals surface area contributed by atoms with Gasteiger partial charge in [-0.3, -0.25) is 4.79 Å². The molecular formula is C22H25N3O2S. The lowest BCUT2D eigenvalue weighted by Gasteiger charge is -2.27. The minimum Gasteiger partial charge on any atom is -0.394 e. The van der Waals surface area contributed by atoms with Crippen molar-refractivity contribution in [3.05, 3.63) is 64.7 Å². The van der Waals surface area contributed by atoms with E-state index in [0.29, 0.717) is 11.5 Å². The Hall–Kier alpha value is -2.28. The highest BCUT2D eigenvalue weighted by atomic mass is 32.1. The van der Waals surface area contributed by atoms with Crippen molar-refractivity contribution in [2.45, 2.75) is 24.8 Å². The molecule has 1 saturated heterocycles. The van der Waals surface area contributed by atoms with Crippen LogP contribution in [-0.2, 0) is 0 Å². The number of amides is 1. The van der Waals surface area contributed by atoms with Crippen LogP contribution in [0.1, 0.15) is 45.7 Å². The van der Waals surface area contributed by atoms with Gasteiger partial charge in [0, 0.05) is 11.5 Å². The number of carbonyl (C=O) groups is 1. The second-order valence-corrected chi connectivity index (χ2v) is 8.49. The number of fused-ring (bicyclic) bond motifs is 1. The van der Waals surface area contributed by atoms with E-state index in [2.05, 4.69) is 17.3 Å². The molecule has 0 spiro atoms.